The maximum atomic E-state index is 5.75. The Balaban J connectivity index is 3.25. The van der Waals surface area contributed by atoms with Crippen molar-refractivity contribution in [2.24, 2.45) is 0 Å². The van der Waals surface area contributed by atoms with E-state index in [1.165, 1.54) is 0 Å². The fraction of sp³-hybridized carbons (Fsp3) is 0.400. The zero-order valence-electron chi connectivity index (χ0n) is 9.00. The van der Waals surface area contributed by atoms with Crippen LogP contribution in [0.4, 0.5) is 11.4 Å². The summed E-state index contributed by atoms with van der Waals surface area (Å²) in [5.41, 5.74) is 7.27. The normalized spacial score (nSPS) is 9.71. The molecule has 0 atom stereocenters. The molecule has 0 aromatic heterocycles. The first-order valence-corrected chi connectivity index (χ1v) is 4.29. The highest BCUT2D eigenvalue weighted by Crippen LogP contribution is 2.35. The third kappa shape index (κ3) is 1.84. The van der Waals surface area contributed by atoms with Gasteiger partial charge in [-0.1, -0.05) is 0 Å². The van der Waals surface area contributed by atoms with Crippen LogP contribution >= 0.6 is 0 Å². The van der Waals surface area contributed by atoms with Crippen molar-refractivity contribution in [2.45, 2.75) is 0 Å². The number of nitrogens with two attached hydrogens (primary N) is 1. The molecule has 0 spiro atoms. The molecular weight excluding hydrogens is 180 g/mol. The van der Waals surface area contributed by atoms with Crippen molar-refractivity contribution in [3.8, 4) is 11.5 Å². The van der Waals surface area contributed by atoms with E-state index in [4.69, 9.17) is 15.2 Å². The lowest BCUT2D eigenvalue weighted by atomic mass is 10.2. The van der Waals surface area contributed by atoms with Gasteiger partial charge in [0, 0.05) is 26.2 Å². The Morgan fingerprint density at radius 2 is 1.64 bits per heavy atom. The SMILES string of the molecule is COc1cc(N(C)C)c(OC)cc1N. The van der Waals surface area contributed by atoms with Crippen molar-refractivity contribution < 1.29 is 9.47 Å². The molecule has 2 N–H and O–H groups in total. The number of methoxy groups -OCH3 is 2. The van der Waals surface area contributed by atoms with Gasteiger partial charge in [0.2, 0.25) is 0 Å². The summed E-state index contributed by atoms with van der Waals surface area (Å²) >= 11 is 0. The average Bonchev–Trinajstić information content (AvgIpc) is 2.16. The summed E-state index contributed by atoms with van der Waals surface area (Å²) in [4.78, 5) is 1.95. The van der Waals surface area contributed by atoms with Gasteiger partial charge in [0.05, 0.1) is 25.6 Å². The van der Waals surface area contributed by atoms with Crippen molar-refractivity contribution >= 4 is 11.4 Å². The summed E-state index contributed by atoms with van der Waals surface area (Å²) in [6, 6.07) is 3.61. The second-order valence-electron chi connectivity index (χ2n) is 3.16. The Morgan fingerprint density at radius 3 is 2.07 bits per heavy atom. The van der Waals surface area contributed by atoms with E-state index in [-0.39, 0.29) is 0 Å². The third-order valence-corrected chi connectivity index (χ3v) is 2.01. The van der Waals surface area contributed by atoms with Crippen LogP contribution in [0, 0.1) is 0 Å². The minimum atomic E-state index is 0.579. The molecule has 1 aromatic rings. The molecule has 0 aliphatic rings. The second kappa shape index (κ2) is 4.09. The highest BCUT2D eigenvalue weighted by molar-refractivity contribution is 5.69. The Hall–Kier alpha value is -1.58. The second-order valence-corrected chi connectivity index (χ2v) is 3.16. The van der Waals surface area contributed by atoms with Gasteiger partial charge in [-0.05, 0) is 0 Å². The summed E-state index contributed by atoms with van der Waals surface area (Å²) < 4.78 is 10.3. The summed E-state index contributed by atoms with van der Waals surface area (Å²) in [6.45, 7) is 0. The highest BCUT2D eigenvalue weighted by Gasteiger charge is 2.10. The first kappa shape index (κ1) is 10.5. The maximum absolute atomic E-state index is 5.75. The van der Waals surface area contributed by atoms with Crippen LogP contribution in [-0.4, -0.2) is 28.3 Å². The standard InChI is InChI=1S/C10H16N2O2/c1-12(2)8-6-9(13-3)7(11)5-10(8)14-4/h5-6H,11H2,1-4H3. The number of hydrogen-bond acceptors (Lipinski definition) is 4. The van der Waals surface area contributed by atoms with Crippen LogP contribution in [0.1, 0.15) is 0 Å². The van der Waals surface area contributed by atoms with Gasteiger partial charge in [-0.2, -0.15) is 0 Å². The molecule has 0 amide bonds. The lowest BCUT2D eigenvalue weighted by Gasteiger charge is -2.18. The molecule has 0 aliphatic heterocycles. The highest BCUT2D eigenvalue weighted by atomic mass is 16.5. The number of nitrogens with zero attached hydrogens (tertiary/aromatic N) is 1. The van der Waals surface area contributed by atoms with Crippen LogP contribution in [0.2, 0.25) is 0 Å². The predicted molar refractivity (Wildman–Crippen MR) is 58.3 cm³/mol. The lowest BCUT2D eigenvalue weighted by Crippen LogP contribution is -2.10. The molecule has 0 saturated carbocycles. The summed E-state index contributed by atoms with van der Waals surface area (Å²) in [5.74, 6) is 1.41. The van der Waals surface area contributed by atoms with E-state index in [1.54, 1.807) is 20.3 Å². The Morgan fingerprint density at radius 1 is 1.07 bits per heavy atom. The topological polar surface area (TPSA) is 47.7 Å². The number of hydrogen-bond donors (Lipinski definition) is 1. The largest absolute Gasteiger partial charge is 0.495 e. The number of nitrogen functional groups attached to an aromatic ring is 1. The van der Waals surface area contributed by atoms with Gasteiger partial charge in [0.25, 0.3) is 0 Å². The maximum Gasteiger partial charge on any atom is 0.144 e. The van der Waals surface area contributed by atoms with Crippen LogP contribution in [-0.2, 0) is 0 Å². The van der Waals surface area contributed by atoms with E-state index in [9.17, 15) is 0 Å². The summed E-state index contributed by atoms with van der Waals surface area (Å²) in [7, 11) is 7.09. The first-order valence-electron chi connectivity index (χ1n) is 4.29. The van der Waals surface area contributed by atoms with Crippen LogP contribution in [0.25, 0.3) is 0 Å². The first-order chi connectivity index (χ1) is 6.60. The Bertz CT molecular complexity index is 324. The molecule has 1 rings (SSSR count). The van der Waals surface area contributed by atoms with Gasteiger partial charge >= 0.3 is 0 Å². The van der Waals surface area contributed by atoms with Gasteiger partial charge in [-0.3, -0.25) is 0 Å². The van der Waals surface area contributed by atoms with E-state index < -0.39 is 0 Å². The smallest absolute Gasteiger partial charge is 0.144 e. The molecule has 4 nitrogen and oxygen atoms in total. The van der Waals surface area contributed by atoms with Crippen LogP contribution in [0.3, 0.4) is 0 Å². The third-order valence-electron chi connectivity index (χ3n) is 2.01. The molecule has 0 bridgehead atoms. The van der Waals surface area contributed by atoms with E-state index >= 15 is 0 Å². The summed E-state index contributed by atoms with van der Waals surface area (Å²) in [5, 5.41) is 0. The molecule has 0 aliphatic carbocycles. The zero-order valence-corrected chi connectivity index (χ0v) is 9.00. The molecule has 78 valence electrons. The van der Waals surface area contributed by atoms with Gasteiger partial charge in [0.15, 0.2) is 0 Å². The van der Waals surface area contributed by atoms with Gasteiger partial charge in [-0.15, -0.1) is 0 Å². The Labute approximate surface area is 84.2 Å². The molecule has 0 heterocycles. The van der Waals surface area contributed by atoms with Crippen molar-refractivity contribution in [3.63, 3.8) is 0 Å². The number of rotatable bonds is 3. The van der Waals surface area contributed by atoms with E-state index in [0.29, 0.717) is 11.4 Å². The van der Waals surface area contributed by atoms with Crippen LogP contribution < -0.4 is 20.1 Å². The molecular formula is C10H16N2O2. The zero-order chi connectivity index (χ0) is 10.7. The molecule has 0 radical (unpaired) electrons. The average molecular weight is 196 g/mol. The molecule has 4 heteroatoms. The van der Waals surface area contributed by atoms with Crippen molar-refractivity contribution in [3.05, 3.63) is 12.1 Å². The minimum absolute atomic E-state index is 0.579. The quantitative estimate of drug-likeness (QED) is 0.741. The Kier molecular flexibility index (Phi) is 3.06. The molecule has 14 heavy (non-hydrogen) atoms. The predicted octanol–water partition coefficient (Wildman–Crippen LogP) is 1.35. The molecule has 1 aromatic carbocycles. The fourth-order valence-electron chi connectivity index (χ4n) is 1.25. The van der Waals surface area contributed by atoms with Crippen molar-refractivity contribution in [2.75, 3.05) is 38.9 Å². The van der Waals surface area contributed by atoms with Crippen LogP contribution in [0.5, 0.6) is 11.5 Å². The number of benzene rings is 1. The van der Waals surface area contributed by atoms with Crippen LogP contribution in [0.15, 0.2) is 12.1 Å². The number of anilines is 2. The van der Waals surface area contributed by atoms with E-state index in [1.807, 2.05) is 25.1 Å². The van der Waals surface area contributed by atoms with Crippen molar-refractivity contribution in [1.29, 1.82) is 0 Å². The molecule has 0 unspecified atom stereocenters. The van der Waals surface area contributed by atoms with Gasteiger partial charge in [0.1, 0.15) is 11.5 Å². The summed E-state index contributed by atoms with van der Waals surface area (Å²) in [6.07, 6.45) is 0. The molecule has 0 saturated heterocycles. The van der Waals surface area contributed by atoms with E-state index in [0.717, 1.165) is 11.4 Å². The van der Waals surface area contributed by atoms with Gasteiger partial charge < -0.3 is 20.1 Å². The monoisotopic (exact) mass is 196 g/mol. The number of ether oxygens (including phenoxy) is 2. The van der Waals surface area contributed by atoms with E-state index in [2.05, 4.69) is 0 Å². The fourth-order valence-corrected chi connectivity index (χ4v) is 1.25. The molecule has 0 fully saturated rings. The lowest BCUT2D eigenvalue weighted by molar-refractivity contribution is 0.405. The van der Waals surface area contributed by atoms with Crippen molar-refractivity contribution in [1.82, 2.24) is 0 Å². The minimum Gasteiger partial charge on any atom is -0.495 e. The van der Waals surface area contributed by atoms with Gasteiger partial charge in [-0.25, -0.2) is 0 Å².